The molecule has 3 rings (SSSR count). The van der Waals surface area contributed by atoms with E-state index >= 15 is 0 Å². The minimum Gasteiger partial charge on any atom is -0.382 e. The molecule has 22 heavy (non-hydrogen) atoms. The summed E-state index contributed by atoms with van der Waals surface area (Å²) in [6, 6.07) is 8.45. The molecule has 2 heterocycles. The van der Waals surface area contributed by atoms with Gasteiger partial charge in [-0.05, 0) is 69.6 Å². The summed E-state index contributed by atoms with van der Waals surface area (Å²) in [7, 11) is 0. The molecule has 1 aliphatic heterocycles. The molecule has 3 nitrogen and oxygen atoms in total. The van der Waals surface area contributed by atoms with Gasteiger partial charge in [0, 0.05) is 28.3 Å². The molecule has 0 aliphatic carbocycles. The van der Waals surface area contributed by atoms with Crippen LogP contribution in [0.1, 0.15) is 26.7 Å². The third-order valence-electron chi connectivity index (χ3n) is 4.87. The zero-order valence-corrected chi connectivity index (χ0v) is 14.1. The third-order valence-corrected chi connectivity index (χ3v) is 5.11. The fourth-order valence-electron chi connectivity index (χ4n) is 3.38. The summed E-state index contributed by atoms with van der Waals surface area (Å²) in [4.78, 5) is 6.95. The molecule has 1 N–H and O–H groups in total. The minimum atomic E-state index is 0.472. The van der Waals surface area contributed by atoms with Gasteiger partial charge in [0.25, 0.3) is 0 Å². The van der Waals surface area contributed by atoms with Crippen LogP contribution >= 0.6 is 11.6 Å². The molecule has 1 aliphatic rings. The van der Waals surface area contributed by atoms with Crippen molar-refractivity contribution in [3.63, 3.8) is 0 Å². The molecule has 1 aromatic carbocycles. The molecular formula is C18H24ClN3. The number of rotatable bonds is 4. The number of nitrogens with one attached hydrogen (secondary N) is 1. The molecule has 0 bridgehead atoms. The zero-order chi connectivity index (χ0) is 15.5. The fourth-order valence-corrected chi connectivity index (χ4v) is 3.55. The monoisotopic (exact) mass is 317 g/mol. The highest BCUT2D eigenvalue weighted by Crippen LogP contribution is 2.28. The van der Waals surface area contributed by atoms with Crippen molar-refractivity contribution in [2.75, 3.05) is 25.0 Å². The van der Waals surface area contributed by atoms with Crippen LogP contribution in [0.5, 0.6) is 0 Å². The SMILES string of the molecule is CCN1CCC(C(C)Nc2ccnc3cc(Cl)ccc23)CC1. The van der Waals surface area contributed by atoms with E-state index in [1.54, 1.807) is 0 Å². The summed E-state index contributed by atoms with van der Waals surface area (Å²) in [5.74, 6) is 0.735. The Kier molecular flexibility index (Phi) is 4.84. The first-order valence-electron chi connectivity index (χ1n) is 8.20. The van der Waals surface area contributed by atoms with E-state index in [0.29, 0.717) is 6.04 Å². The standard InChI is InChI=1S/C18H24ClN3/c1-3-22-10-7-14(8-11-22)13(2)21-17-6-9-20-18-12-15(19)4-5-16(17)18/h4-6,9,12-14H,3,7-8,10-11H2,1-2H3,(H,20,21). The van der Waals surface area contributed by atoms with E-state index in [1.807, 2.05) is 18.3 Å². The largest absolute Gasteiger partial charge is 0.382 e. The van der Waals surface area contributed by atoms with Crippen molar-refractivity contribution in [2.45, 2.75) is 32.7 Å². The van der Waals surface area contributed by atoms with E-state index in [2.05, 4.69) is 41.2 Å². The van der Waals surface area contributed by atoms with Crippen LogP contribution in [0.15, 0.2) is 30.5 Å². The first-order chi connectivity index (χ1) is 10.7. The molecule has 0 saturated carbocycles. The molecule has 1 aromatic heterocycles. The maximum atomic E-state index is 6.06. The summed E-state index contributed by atoms with van der Waals surface area (Å²) in [5, 5.41) is 5.58. The topological polar surface area (TPSA) is 28.2 Å². The second-order valence-corrected chi connectivity index (χ2v) is 6.66. The summed E-state index contributed by atoms with van der Waals surface area (Å²) in [5.41, 5.74) is 2.11. The first kappa shape index (κ1) is 15.6. The Morgan fingerprint density at radius 1 is 1.32 bits per heavy atom. The number of benzene rings is 1. The predicted molar refractivity (Wildman–Crippen MR) is 94.7 cm³/mol. The molecule has 1 saturated heterocycles. The lowest BCUT2D eigenvalue weighted by Gasteiger charge is -2.35. The van der Waals surface area contributed by atoms with Crippen LogP contribution in [-0.2, 0) is 0 Å². The van der Waals surface area contributed by atoms with Gasteiger partial charge in [-0.1, -0.05) is 18.5 Å². The van der Waals surface area contributed by atoms with Crippen molar-refractivity contribution in [2.24, 2.45) is 5.92 Å². The van der Waals surface area contributed by atoms with Crippen LogP contribution in [0.25, 0.3) is 10.9 Å². The number of anilines is 1. The Morgan fingerprint density at radius 3 is 2.82 bits per heavy atom. The molecule has 4 heteroatoms. The molecule has 1 atom stereocenters. The van der Waals surface area contributed by atoms with Gasteiger partial charge in [-0.2, -0.15) is 0 Å². The number of piperidine rings is 1. The first-order valence-corrected chi connectivity index (χ1v) is 8.58. The zero-order valence-electron chi connectivity index (χ0n) is 13.3. The quantitative estimate of drug-likeness (QED) is 0.904. The molecule has 1 unspecified atom stereocenters. The molecule has 0 amide bonds. The van der Waals surface area contributed by atoms with E-state index in [4.69, 9.17) is 11.6 Å². The molecule has 118 valence electrons. The lowest BCUT2D eigenvalue weighted by Crippen LogP contribution is -2.39. The van der Waals surface area contributed by atoms with Gasteiger partial charge < -0.3 is 10.2 Å². The van der Waals surface area contributed by atoms with Crippen molar-refractivity contribution < 1.29 is 0 Å². The highest BCUT2D eigenvalue weighted by molar-refractivity contribution is 6.31. The Morgan fingerprint density at radius 2 is 2.09 bits per heavy atom. The fraction of sp³-hybridized carbons (Fsp3) is 0.500. The summed E-state index contributed by atoms with van der Waals surface area (Å²) >= 11 is 6.06. The molecule has 2 aromatic rings. The van der Waals surface area contributed by atoms with Gasteiger partial charge in [0.05, 0.1) is 5.52 Å². The van der Waals surface area contributed by atoms with Crippen molar-refractivity contribution in [1.82, 2.24) is 9.88 Å². The summed E-state index contributed by atoms with van der Waals surface area (Å²) in [6.45, 7) is 8.16. The van der Waals surface area contributed by atoms with Crippen LogP contribution in [0, 0.1) is 5.92 Å². The Bertz CT molecular complexity index is 635. The molecule has 0 spiro atoms. The summed E-state index contributed by atoms with van der Waals surface area (Å²) < 4.78 is 0. The van der Waals surface area contributed by atoms with Crippen molar-refractivity contribution in [1.29, 1.82) is 0 Å². The van der Waals surface area contributed by atoms with Crippen LogP contribution in [-0.4, -0.2) is 35.6 Å². The molecule has 1 fully saturated rings. The predicted octanol–water partition coefficient (Wildman–Crippen LogP) is 4.42. The minimum absolute atomic E-state index is 0.472. The average Bonchev–Trinajstić information content (AvgIpc) is 2.55. The highest BCUT2D eigenvalue weighted by Gasteiger charge is 2.23. The van der Waals surface area contributed by atoms with Gasteiger partial charge in [0.2, 0.25) is 0 Å². The maximum absolute atomic E-state index is 6.06. The Balaban J connectivity index is 1.73. The van der Waals surface area contributed by atoms with Gasteiger partial charge in [-0.25, -0.2) is 0 Å². The third kappa shape index (κ3) is 3.36. The number of halogens is 1. The second-order valence-electron chi connectivity index (χ2n) is 6.22. The van der Waals surface area contributed by atoms with Gasteiger partial charge in [-0.15, -0.1) is 0 Å². The number of likely N-dealkylation sites (tertiary alicyclic amines) is 1. The van der Waals surface area contributed by atoms with Crippen LogP contribution in [0.4, 0.5) is 5.69 Å². The second kappa shape index (κ2) is 6.84. The highest BCUT2D eigenvalue weighted by atomic mass is 35.5. The number of nitrogens with zero attached hydrogens (tertiary/aromatic N) is 2. The van der Waals surface area contributed by atoms with Gasteiger partial charge >= 0.3 is 0 Å². The van der Waals surface area contributed by atoms with Gasteiger partial charge in [0.1, 0.15) is 0 Å². The van der Waals surface area contributed by atoms with E-state index in [1.165, 1.54) is 32.5 Å². The van der Waals surface area contributed by atoms with E-state index in [0.717, 1.165) is 27.5 Å². The van der Waals surface area contributed by atoms with Crippen molar-refractivity contribution >= 4 is 28.2 Å². The van der Waals surface area contributed by atoms with Gasteiger partial charge in [-0.3, -0.25) is 4.98 Å². The molecule has 0 radical (unpaired) electrons. The van der Waals surface area contributed by atoms with Crippen molar-refractivity contribution in [3.05, 3.63) is 35.5 Å². The van der Waals surface area contributed by atoms with Gasteiger partial charge in [0.15, 0.2) is 0 Å². The maximum Gasteiger partial charge on any atom is 0.0737 e. The number of hydrogen-bond donors (Lipinski definition) is 1. The Hall–Kier alpha value is -1.32. The van der Waals surface area contributed by atoms with Crippen LogP contribution < -0.4 is 5.32 Å². The molecular weight excluding hydrogens is 294 g/mol. The lowest BCUT2D eigenvalue weighted by atomic mass is 9.90. The lowest BCUT2D eigenvalue weighted by molar-refractivity contribution is 0.183. The van der Waals surface area contributed by atoms with Crippen LogP contribution in [0.2, 0.25) is 5.02 Å². The normalized spacial score (nSPS) is 18.5. The Labute approximate surface area is 137 Å². The number of aromatic nitrogens is 1. The number of fused-ring (bicyclic) bond motifs is 1. The smallest absolute Gasteiger partial charge is 0.0737 e. The van der Waals surface area contributed by atoms with E-state index < -0.39 is 0 Å². The average molecular weight is 318 g/mol. The number of hydrogen-bond acceptors (Lipinski definition) is 3. The van der Waals surface area contributed by atoms with E-state index in [9.17, 15) is 0 Å². The number of pyridine rings is 1. The van der Waals surface area contributed by atoms with E-state index in [-0.39, 0.29) is 0 Å². The van der Waals surface area contributed by atoms with Crippen LogP contribution in [0.3, 0.4) is 0 Å². The summed E-state index contributed by atoms with van der Waals surface area (Å²) in [6.07, 6.45) is 4.40. The van der Waals surface area contributed by atoms with Crippen molar-refractivity contribution in [3.8, 4) is 0 Å².